The van der Waals surface area contributed by atoms with Crippen molar-refractivity contribution in [2.24, 2.45) is 0 Å². The molecule has 2 rings (SSSR count). The minimum Gasteiger partial charge on any atom is -0.341 e. The quantitative estimate of drug-likeness (QED) is 0.817. The second-order valence-corrected chi connectivity index (χ2v) is 4.63. The summed E-state index contributed by atoms with van der Waals surface area (Å²) >= 11 is 0. The fourth-order valence-electron chi connectivity index (χ4n) is 1.85. The first-order valence-corrected chi connectivity index (χ1v) is 6.19. The number of carbonyl (C=O) groups excluding carboxylic acids is 1. The van der Waals surface area contributed by atoms with Gasteiger partial charge in [0.05, 0.1) is 12.6 Å². The van der Waals surface area contributed by atoms with Crippen LogP contribution in [0.2, 0.25) is 0 Å². The van der Waals surface area contributed by atoms with Crippen LogP contribution in [0, 0.1) is 0 Å². The lowest BCUT2D eigenvalue weighted by Crippen LogP contribution is -2.48. The van der Waals surface area contributed by atoms with Crippen LogP contribution in [-0.2, 0) is 4.79 Å². The van der Waals surface area contributed by atoms with E-state index in [-0.39, 0.29) is 18.0 Å². The molecule has 0 radical (unpaired) electrons. The van der Waals surface area contributed by atoms with Crippen molar-refractivity contribution in [1.29, 1.82) is 0 Å². The first kappa shape index (κ1) is 12.1. The maximum Gasteiger partial charge on any atom is 0.236 e. The Hall–Kier alpha value is -1.36. The summed E-state index contributed by atoms with van der Waals surface area (Å²) in [4.78, 5) is 13.6. The average molecular weight is 236 g/mol. The van der Waals surface area contributed by atoms with Crippen molar-refractivity contribution in [2.75, 3.05) is 19.6 Å². The highest BCUT2D eigenvalue weighted by Gasteiger charge is 2.21. The Bertz CT molecular complexity index is 359. The lowest BCUT2D eigenvalue weighted by molar-refractivity contribution is -0.133. The van der Waals surface area contributed by atoms with Gasteiger partial charge in [0.25, 0.3) is 0 Å². The Labute approximate surface area is 102 Å². The first-order valence-electron chi connectivity index (χ1n) is 6.19. The van der Waals surface area contributed by atoms with Crippen molar-refractivity contribution in [1.82, 2.24) is 20.0 Å². The molecule has 0 bridgehead atoms. The summed E-state index contributed by atoms with van der Waals surface area (Å²) in [5.41, 5.74) is 0. The summed E-state index contributed by atoms with van der Waals surface area (Å²) in [7, 11) is 0. The summed E-state index contributed by atoms with van der Waals surface area (Å²) in [6, 6.07) is 2.38. The smallest absolute Gasteiger partial charge is 0.236 e. The van der Waals surface area contributed by atoms with Crippen LogP contribution in [0.4, 0.5) is 0 Å². The molecule has 1 amide bonds. The van der Waals surface area contributed by atoms with E-state index in [1.54, 1.807) is 6.20 Å². The first-order chi connectivity index (χ1) is 8.18. The van der Waals surface area contributed by atoms with E-state index in [0.717, 1.165) is 19.5 Å². The summed E-state index contributed by atoms with van der Waals surface area (Å²) in [6.45, 7) is 6.44. The Balaban J connectivity index is 1.76. The van der Waals surface area contributed by atoms with Crippen LogP contribution in [0.25, 0.3) is 0 Å². The highest BCUT2D eigenvalue weighted by atomic mass is 16.2. The molecule has 1 aliphatic heterocycles. The molecule has 5 nitrogen and oxygen atoms in total. The number of rotatable bonds is 5. The van der Waals surface area contributed by atoms with Gasteiger partial charge < -0.3 is 10.2 Å². The Morgan fingerprint density at radius 2 is 2.24 bits per heavy atom. The van der Waals surface area contributed by atoms with Crippen LogP contribution in [0.3, 0.4) is 0 Å². The van der Waals surface area contributed by atoms with Crippen LogP contribution in [0.5, 0.6) is 0 Å². The number of nitrogens with one attached hydrogen (secondary N) is 1. The number of likely N-dealkylation sites (tertiary alicyclic amines) is 1. The highest BCUT2D eigenvalue weighted by Crippen LogP contribution is 2.09. The molecule has 1 aromatic heterocycles. The molecule has 2 atom stereocenters. The van der Waals surface area contributed by atoms with E-state index in [1.807, 2.05) is 21.8 Å². The second-order valence-electron chi connectivity index (χ2n) is 4.63. The van der Waals surface area contributed by atoms with Crippen molar-refractivity contribution in [3.8, 4) is 0 Å². The Kier molecular flexibility index (Phi) is 3.78. The lowest BCUT2D eigenvalue weighted by Gasteiger charge is -2.32. The number of nitrogens with zero attached hydrogens (tertiary/aromatic N) is 3. The van der Waals surface area contributed by atoms with E-state index in [0.29, 0.717) is 6.54 Å². The third-order valence-electron chi connectivity index (χ3n) is 3.45. The molecule has 0 spiro atoms. The molecule has 0 aromatic carbocycles. The van der Waals surface area contributed by atoms with Gasteiger partial charge >= 0.3 is 0 Å². The predicted octanol–water partition coefficient (Wildman–Crippen LogP) is 0.654. The van der Waals surface area contributed by atoms with Crippen LogP contribution >= 0.6 is 0 Å². The van der Waals surface area contributed by atoms with E-state index >= 15 is 0 Å². The van der Waals surface area contributed by atoms with Crippen molar-refractivity contribution in [3.63, 3.8) is 0 Å². The highest BCUT2D eigenvalue weighted by molar-refractivity contribution is 5.78. The summed E-state index contributed by atoms with van der Waals surface area (Å²) in [5.74, 6) is 0.204. The maximum atomic E-state index is 11.7. The third-order valence-corrected chi connectivity index (χ3v) is 3.45. The SMILES string of the molecule is C[C@H](NCC(=O)N1CCC1)[C@H](C)n1cccn1. The van der Waals surface area contributed by atoms with Gasteiger partial charge in [-0.3, -0.25) is 9.48 Å². The third kappa shape index (κ3) is 2.85. The molecule has 0 aliphatic carbocycles. The number of hydrogen-bond donors (Lipinski definition) is 1. The molecular weight excluding hydrogens is 216 g/mol. The zero-order valence-electron chi connectivity index (χ0n) is 10.5. The zero-order chi connectivity index (χ0) is 12.3. The fourth-order valence-corrected chi connectivity index (χ4v) is 1.85. The molecule has 94 valence electrons. The van der Waals surface area contributed by atoms with Crippen LogP contribution in [0.15, 0.2) is 18.5 Å². The molecule has 1 N–H and O–H groups in total. The molecule has 1 aromatic rings. The van der Waals surface area contributed by atoms with Gasteiger partial charge in [0.2, 0.25) is 5.91 Å². The minimum atomic E-state index is 0.204. The van der Waals surface area contributed by atoms with Crippen LogP contribution < -0.4 is 5.32 Å². The average Bonchev–Trinajstić information content (AvgIpc) is 2.75. The normalized spacial score (nSPS) is 18.6. The van der Waals surface area contributed by atoms with Gasteiger partial charge in [-0.1, -0.05) is 0 Å². The van der Waals surface area contributed by atoms with Gasteiger partial charge in [-0.05, 0) is 26.3 Å². The molecule has 1 aliphatic rings. The molecule has 5 heteroatoms. The van der Waals surface area contributed by atoms with Crippen molar-refractivity contribution in [3.05, 3.63) is 18.5 Å². The van der Waals surface area contributed by atoms with Crippen molar-refractivity contribution in [2.45, 2.75) is 32.4 Å². The van der Waals surface area contributed by atoms with Gasteiger partial charge in [0, 0.05) is 31.5 Å². The molecule has 1 fully saturated rings. The topological polar surface area (TPSA) is 50.2 Å². The van der Waals surface area contributed by atoms with Gasteiger partial charge in [-0.15, -0.1) is 0 Å². The monoisotopic (exact) mass is 236 g/mol. The standard InChI is InChI=1S/C12H20N4O/c1-10(11(2)16-8-3-5-14-16)13-9-12(17)15-6-4-7-15/h3,5,8,10-11,13H,4,6-7,9H2,1-2H3/t10-,11-/m0/s1. The van der Waals surface area contributed by atoms with Crippen LogP contribution in [-0.4, -0.2) is 46.3 Å². The number of hydrogen-bond acceptors (Lipinski definition) is 3. The lowest BCUT2D eigenvalue weighted by atomic mass is 10.1. The Morgan fingerprint density at radius 3 is 2.76 bits per heavy atom. The number of carbonyl (C=O) groups is 1. The molecule has 2 heterocycles. The summed E-state index contributed by atoms with van der Waals surface area (Å²) < 4.78 is 1.91. The van der Waals surface area contributed by atoms with E-state index in [1.165, 1.54) is 0 Å². The van der Waals surface area contributed by atoms with Gasteiger partial charge in [-0.2, -0.15) is 5.10 Å². The largest absolute Gasteiger partial charge is 0.341 e. The predicted molar refractivity (Wildman–Crippen MR) is 65.6 cm³/mol. The van der Waals surface area contributed by atoms with Gasteiger partial charge in [0.15, 0.2) is 0 Å². The zero-order valence-corrected chi connectivity index (χ0v) is 10.5. The van der Waals surface area contributed by atoms with Gasteiger partial charge in [-0.25, -0.2) is 0 Å². The van der Waals surface area contributed by atoms with Crippen LogP contribution in [0.1, 0.15) is 26.3 Å². The maximum absolute atomic E-state index is 11.7. The van der Waals surface area contributed by atoms with Gasteiger partial charge in [0.1, 0.15) is 0 Å². The summed E-state index contributed by atoms with van der Waals surface area (Å²) in [6.07, 6.45) is 4.86. The van der Waals surface area contributed by atoms with E-state index in [9.17, 15) is 4.79 Å². The minimum absolute atomic E-state index is 0.204. The van der Waals surface area contributed by atoms with E-state index in [2.05, 4.69) is 24.3 Å². The van der Waals surface area contributed by atoms with E-state index in [4.69, 9.17) is 0 Å². The van der Waals surface area contributed by atoms with E-state index < -0.39 is 0 Å². The number of aromatic nitrogens is 2. The molecular formula is C12H20N4O. The molecule has 0 saturated carbocycles. The van der Waals surface area contributed by atoms with Crippen molar-refractivity contribution >= 4 is 5.91 Å². The summed E-state index contributed by atoms with van der Waals surface area (Å²) in [5, 5.41) is 7.48. The Morgan fingerprint density at radius 1 is 1.47 bits per heavy atom. The second kappa shape index (κ2) is 5.31. The molecule has 17 heavy (non-hydrogen) atoms. The molecule has 0 unspecified atom stereocenters. The fraction of sp³-hybridized carbons (Fsp3) is 0.667. The molecule has 1 saturated heterocycles. The van der Waals surface area contributed by atoms with Crippen molar-refractivity contribution < 1.29 is 4.79 Å². The number of amides is 1.